The lowest BCUT2D eigenvalue weighted by Gasteiger charge is -2.33. The number of H-pyrrole nitrogens is 1. The van der Waals surface area contributed by atoms with Crippen molar-refractivity contribution in [2.24, 2.45) is 0 Å². The second kappa shape index (κ2) is 10.6. The van der Waals surface area contributed by atoms with Crippen LogP contribution in [0.4, 0.5) is 19.0 Å². The number of rotatable bonds is 4. The summed E-state index contributed by atoms with van der Waals surface area (Å²) in [5, 5.41) is 10.1. The van der Waals surface area contributed by atoms with E-state index in [4.69, 9.17) is 0 Å². The number of likely N-dealkylation sites (N-methyl/N-ethyl adjacent to an activating group) is 1. The van der Waals surface area contributed by atoms with Crippen LogP contribution in [-0.4, -0.2) is 69.1 Å². The number of carbonyl (C=O) groups excluding carboxylic acids is 1. The molecule has 5 rings (SSSR count). The number of fused-ring (bicyclic) bond motifs is 1. The first-order chi connectivity index (χ1) is 18.2. The molecule has 1 aromatic carbocycles. The Hall–Kier alpha value is -4.27. The molecule has 0 saturated carbocycles. The van der Waals surface area contributed by atoms with Crippen LogP contribution in [0.1, 0.15) is 32.6 Å². The number of aromatic amines is 1. The number of carbonyl (C=O) groups is 1. The molecule has 4 heterocycles. The van der Waals surface area contributed by atoms with Crippen molar-refractivity contribution in [1.29, 1.82) is 0 Å². The van der Waals surface area contributed by atoms with Crippen LogP contribution in [0.25, 0.3) is 11.0 Å². The average Bonchev–Trinajstić information content (AvgIpc) is 3.37. The molecule has 0 atom stereocenters. The topological polar surface area (TPSA) is 90.0 Å². The van der Waals surface area contributed by atoms with E-state index in [1.165, 1.54) is 18.3 Å². The van der Waals surface area contributed by atoms with E-state index in [9.17, 15) is 18.0 Å². The number of halogens is 3. The van der Waals surface area contributed by atoms with E-state index in [2.05, 4.69) is 42.2 Å². The summed E-state index contributed by atoms with van der Waals surface area (Å²) in [6.45, 7) is 3.16. The maximum Gasteiger partial charge on any atom is 0.416 e. The molecule has 4 aromatic rings. The van der Waals surface area contributed by atoms with Crippen LogP contribution in [0.15, 0.2) is 55.0 Å². The zero-order chi connectivity index (χ0) is 26.7. The van der Waals surface area contributed by atoms with Crippen molar-refractivity contribution < 1.29 is 18.0 Å². The Kier molecular flexibility index (Phi) is 7.09. The van der Waals surface area contributed by atoms with Crippen LogP contribution in [0, 0.1) is 11.8 Å². The molecular weight excluding hydrogens is 495 g/mol. The van der Waals surface area contributed by atoms with Gasteiger partial charge in [0, 0.05) is 67.2 Å². The zero-order valence-corrected chi connectivity index (χ0v) is 20.5. The molecule has 3 aromatic heterocycles. The molecule has 0 bridgehead atoms. The van der Waals surface area contributed by atoms with Gasteiger partial charge in [0.25, 0.3) is 5.91 Å². The predicted octanol–water partition coefficient (Wildman–Crippen LogP) is 3.77. The summed E-state index contributed by atoms with van der Waals surface area (Å²) in [5.74, 6) is 5.47. The molecule has 11 heteroatoms. The molecule has 1 aliphatic rings. The molecule has 1 saturated heterocycles. The van der Waals surface area contributed by atoms with Crippen molar-refractivity contribution in [1.82, 2.24) is 30.0 Å². The molecule has 1 amide bonds. The normalized spacial score (nSPS) is 14.7. The van der Waals surface area contributed by atoms with E-state index in [0.717, 1.165) is 24.5 Å². The Morgan fingerprint density at radius 1 is 1.03 bits per heavy atom. The van der Waals surface area contributed by atoms with Gasteiger partial charge in [-0.25, -0.2) is 9.97 Å². The van der Waals surface area contributed by atoms with E-state index < -0.39 is 17.6 Å². The van der Waals surface area contributed by atoms with Crippen molar-refractivity contribution in [2.45, 2.75) is 12.7 Å². The van der Waals surface area contributed by atoms with E-state index in [1.54, 1.807) is 24.5 Å². The van der Waals surface area contributed by atoms with Crippen molar-refractivity contribution in [3.8, 4) is 11.8 Å². The largest absolute Gasteiger partial charge is 0.416 e. The van der Waals surface area contributed by atoms with Gasteiger partial charge in [-0.05, 0) is 42.9 Å². The summed E-state index contributed by atoms with van der Waals surface area (Å²) in [4.78, 5) is 25.3. The number of aromatic nitrogens is 4. The number of hydrogen-bond donors (Lipinski definition) is 2. The highest BCUT2D eigenvalue weighted by Gasteiger charge is 2.34. The minimum Gasteiger partial charge on any atom is -0.307 e. The molecule has 2 N–H and O–H groups in total. The number of amides is 1. The summed E-state index contributed by atoms with van der Waals surface area (Å²) in [6, 6.07) is 8.77. The van der Waals surface area contributed by atoms with Gasteiger partial charge in [0.05, 0.1) is 11.8 Å². The van der Waals surface area contributed by atoms with Crippen LogP contribution in [0.2, 0.25) is 0 Å². The number of pyridine rings is 2. The SMILES string of the molecule is CN1CCN(Cc2ccc(C(=O)Nc3cc(C#Cc4cnc5[nH]ncc5c4)ccn3)cc2C(F)(F)F)CC1. The van der Waals surface area contributed by atoms with Crippen LogP contribution in [0.5, 0.6) is 0 Å². The van der Waals surface area contributed by atoms with Gasteiger partial charge < -0.3 is 10.2 Å². The lowest BCUT2D eigenvalue weighted by molar-refractivity contribution is -0.138. The highest BCUT2D eigenvalue weighted by Crippen LogP contribution is 2.33. The molecule has 1 fully saturated rings. The number of alkyl halides is 3. The quantitative estimate of drug-likeness (QED) is 0.399. The molecule has 1 aliphatic heterocycles. The number of benzene rings is 1. The Balaban J connectivity index is 1.31. The predicted molar refractivity (Wildman–Crippen MR) is 136 cm³/mol. The lowest BCUT2D eigenvalue weighted by atomic mass is 10.0. The summed E-state index contributed by atoms with van der Waals surface area (Å²) in [5.41, 5.74) is 1.15. The van der Waals surface area contributed by atoms with Gasteiger partial charge in [-0.1, -0.05) is 17.9 Å². The fourth-order valence-electron chi connectivity index (χ4n) is 4.18. The Labute approximate surface area is 216 Å². The first kappa shape index (κ1) is 25.4. The molecule has 0 unspecified atom stereocenters. The highest BCUT2D eigenvalue weighted by molar-refractivity contribution is 6.04. The number of nitrogens with one attached hydrogen (secondary N) is 2. The molecule has 0 spiro atoms. The van der Waals surface area contributed by atoms with Gasteiger partial charge in [0.15, 0.2) is 5.65 Å². The Bertz CT molecular complexity index is 1530. The first-order valence-corrected chi connectivity index (χ1v) is 11.9. The van der Waals surface area contributed by atoms with Gasteiger partial charge >= 0.3 is 6.18 Å². The van der Waals surface area contributed by atoms with Crippen LogP contribution < -0.4 is 5.32 Å². The van der Waals surface area contributed by atoms with Crippen LogP contribution in [0.3, 0.4) is 0 Å². The number of piperazine rings is 1. The van der Waals surface area contributed by atoms with Crippen molar-refractivity contribution in [2.75, 3.05) is 38.5 Å². The van der Waals surface area contributed by atoms with Crippen LogP contribution in [-0.2, 0) is 12.7 Å². The Morgan fingerprint density at radius 2 is 1.82 bits per heavy atom. The molecule has 8 nitrogen and oxygen atoms in total. The summed E-state index contributed by atoms with van der Waals surface area (Å²) >= 11 is 0. The standard InChI is InChI=1S/C27H24F3N7O/c1-36-8-10-37(11-9-36)17-21-5-4-20(14-23(21)27(28,29)30)26(38)34-24-13-18(6-7-31-24)2-3-19-12-22-16-33-35-25(22)32-15-19/h4-7,12-16H,8-11,17H2,1H3,(H,31,34,38)(H,32,33,35). The monoisotopic (exact) mass is 519 g/mol. The third-order valence-corrected chi connectivity index (χ3v) is 6.31. The smallest absolute Gasteiger partial charge is 0.307 e. The van der Waals surface area contributed by atoms with Crippen LogP contribution >= 0.6 is 0 Å². The van der Waals surface area contributed by atoms with Gasteiger partial charge in [0.2, 0.25) is 0 Å². The average molecular weight is 520 g/mol. The summed E-state index contributed by atoms with van der Waals surface area (Å²) < 4.78 is 41.7. The van der Waals surface area contributed by atoms with Crippen molar-refractivity contribution in [3.63, 3.8) is 0 Å². The van der Waals surface area contributed by atoms with E-state index >= 15 is 0 Å². The first-order valence-electron chi connectivity index (χ1n) is 11.9. The van der Waals surface area contributed by atoms with E-state index in [1.807, 2.05) is 18.0 Å². The second-order valence-electron chi connectivity index (χ2n) is 9.11. The molecular formula is C27H24F3N7O. The number of nitrogens with zero attached hydrogens (tertiary/aromatic N) is 5. The summed E-state index contributed by atoms with van der Waals surface area (Å²) in [7, 11) is 1.99. The fourth-order valence-corrected chi connectivity index (χ4v) is 4.18. The van der Waals surface area contributed by atoms with Crippen molar-refractivity contribution in [3.05, 3.63) is 82.8 Å². The van der Waals surface area contributed by atoms with Gasteiger partial charge in [-0.2, -0.15) is 18.3 Å². The number of hydrogen-bond acceptors (Lipinski definition) is 6. The van der Waals surface area contributed by atoms with Gasteiger partial charge in [-0.3, -0.25) is 14.8 Å². The minimum absolute atomic E-state index is 0.0998. The van der Waals surface area contributed by atoms with E-state index in [-0.39, 0.29) is 23.5 Å². The molecule has 0 aliphatic carbocycles. The third kappa shape index (κ3) is 5.99. The third-order valence-electron chi connectivity index (χ3n) is 6.31. The maximum absolute atomic E-state index is 13.9. The van der Waals surface area contributed by atoms with Crippen molar-refractivity contribution >= 4 is 22.8 Å². The molecule has 38 heavy (non-hydrogen) atoms. The lowest BCUT2D eigenvalue weighted by Crippen LogP contribution is -2.44. The van der Waals surface area contributed by atoms with Gasteiger partial charge in [0.1, 0.15) is 5.82 Å². The fraction of sp³-hybridized carbons (Fsp3) is 0.259. The highest BCUT2D eigenvalue weighted by atomic mass is 19.4. The maximum atomic E-state index is 13.9. The Morgan fingerprint density at radius 3 is 2.61 bits per heavy atom. The zero-order valence-electron chi connectivity index (χ0n) is 20.5. The molecule has 0 radical (unpaired) electrons. The van der Waals surface area contributed by atoms with Gasteiger partial charge in [-0.15, -0.1) is 0 Å². The van der Waals surface area contributed by atoms with E-state index in [0.29, 0.717) is 29.9 Å². The summed E-state index contributed by atoms with van der Waals surface area (Å²) in [6.07, 6.45) is 0.150. The molecule has 194 valence electrons. The number of anilines is 1. The minimum atomic E-state index is -4.58. The second-order valence-corrected chi connectivity index (χ2v) is 9.11.